The predicted molar refractivity (Wildman–Crippen MR) is 119 cm³/mol. The molecule has 148 valence electrons. The van der Waals surface area contributed by atoms with Gasteiger partial charge in [-0.1, -0.05) is 46.9 Å². The van der Waals surface area contributed by atoms with Gasteiger partial charge in [-0.15, -0.1) is 0 Å². The number of ketones is 2. The lowest BCUT2D eigenvalue weighted by molar-refractivity contribution is 0.102. The third kappa shape index (κ3) is 4.03. The lowest BCUT2D eigenvalue weighted by Crippen LogP contribution is -2.06. The molecule has 0 aliphatic heterocycles. The van der Waals surface area contributed by atoms with E-state index in [1.54, 1.807) is 72.8 Å². The molecule has 1 N–H and O–H groups in total. The van der Waals surface area contributed by atoms with Crippen LogP contribution in [0.5, 0.6) is 0 Å². The zero-order valence-electron chi connectivity index (χ0n) is 15.3. The first-order valence-corrected chi connectivity index (χ1v) is 10.0. The summed E-state index contributed by atoms with van der Waals surface area (Å²) in [6.07, 6.45) is 0. The number of benzene rings is 3. The fourth-order valence-electron chi connectivity index (χ4n) is 3.05. The summed E-state index contributed by atoms with van der Waals surface area (Å²) >= 11 is 17.9. The number of aromatic nitrogens is 2. The summed E-state index contributed by atoms with van der Waals surface area (Å²) in [6.45, 7) is 0. The second-order valence-corrected chi connectivity index (χ2v) is 7.81. The smallest absolute Gasteiger partial charge is 0.213 e. The second kappa shape index (κ2) is 8.44. The van der Waals surface area contributed by atoms with Crippen LogP contribution in [0.2, 0.25) is 15.1 Å². The first-order valence-electron chi connectivity index (χ1n) is 8.89. The third-order valence-electron chi connectivity index (χ3n) is 4.55. The molecular weight excluding hydrogens is 443 g/mol. The van der Waals surface area contributed by atoms with Crippen LogP contribution in [0.25, 0.3) is 11.1 Å². The second-order valence-electron chi connectivity index (χ2n) is 6.50. The van der Waals surface area contributed by atoms with Gasteiger partial charge in [-0.05, 0) is 66.2 Å². The number of hydrogen-bond donors (Lipinski definition) is 1. The summed E-state index contributed by atoms with van der Waals surface area (Å²) in [4.78, 5) is 26.3. The van der Waals surface area contributed by atoms with E-state index in [4.69, 9.17) is 34.8 Å². The maximum absolute atomic E-state index is 13.2. The molecule has 1 heterocycles. The van der Waals surface area contributed by atoms with E-state index in [2.05, 4.69) is 10.2 Å². The molecule has 0 radical (unpaired) electrons. The molecule has 0 unspecified atom stereocenters. The fourth-order valence-corrected chi connectivity index (χ4v) is 3.43. The van der Waals surface area contributed by atoms with E-state index in [1.807, 2.05) is 0 Å². The van der Waals surface area contributed by atoms with E-state index in [-0.39, 0.29) is 23.0 Å². The molecule has 0 saturated carbocycles. The highest BCUT2D eigenvalue weighted by atomic mass is 35.5. The molecular formula is C23H13Cl3N2O2. The Bertz CT molecular complexity index is 1150. The van der Waals surface area contributed by atoms with E-state index < -0.39 is 0 Å². The van der Waals surface area contributed by atoms with Crippen molar-refractivity contribution < 1.29 is 9.59 Å². The van der Waals surface area contributed by atoms with Gasteiger partial charge in [0, 0.05) is 31.8 Å². The van der Waals surface area contributed by atoms with E-state index in [9.17, 15) is 9.59 Å². The van der Waals surface area contributed by atoms with Crippen LogP contribution in [0.15, 0.2) is 72.8 Å². The standard InChI is InChI=1S/C23H13Cl3N2O2/c24-16-7-1-13(2-8-16)19-20(22(29)14-3-9-17(25)10-4-14)27-28-21(19)23(30)15-5-11-18(26)12-6-15/h1-12H,(H,27,28). The molecule has 30 heavy (non-hydrogen) atoms. The number of aromatic amines is 1. The van der Waals surface area contributed by atoms with Crippen LogP contribution >= 0.6 is 34.8 Å². The van der Waals surface area contributed by atoms with E-state index in [0.29, 0.717) is 37.3 Å². The van der Waals surface area contributed by atoms with Gasteiger partial charge in [0.2, 0.25) is 11.6 Å². The molecule has 0 fully saturated rings. The maximum Gasteiger partial charge on any atom is 0.213 e. The highest BCUT2D eigenvalue weighted by molar-refractivity contribution is 6.31. The zero-order valence-corrected chi connectivity index (χ0v) is 17.6. The Kier molecular flexibility index (Phi) is 5.73. The third-order valence-corrected chi connectivity index (χ3v) is 5.31. The van der Waals surface area contributed by atoms with Crippen molar-refractivity contribution in [3.05, 3.63) is 110 Å². The largest absolute Gasteiger partial charge is 0.287 e. The van der Waals surface area contributed by atoms with E-state index in [0.717, 1.165) is 0 Å². The summed E-state index contributed by atoms with van der Waals surface area (Å²) in [7, 11) is 0. The van der Waals surface area contributed by atoms with Gasteiger partial charge in [0.05, 0.1) is 0 Å². The number of halogens is 3. The molecule has 1 aromatic heterocycles. The summed E-state index contributed by atoms with van der Waals surface area (Å²) < 4.78 is 0. The van der Waals surface area contributed by atoms with Crippen LogP contribution in [-0.4, -0.2) is 21.8 Å². The van der Waals surface area contributed by atoms with Gasteiger partial charge in [0.25, 0.3) is 0 Å². The van der Waals surface area contributed by atoms with Crippen molar-refractivity contribution in [2.75, 3.05) is 0 Å². The molecule has 4 aromatic rings. The molecule has 4 rings (SSSR count). The molecule has 0 atom stereocenters. The van der Waals surface area contributed by atoms with Crippen LogP contribution in [0, 0.1) is 0 Å². The van der Waals surface area contributed by atoms with Gasteiger partial charge >= 0.3 is 0 Å². The number of rotatable bonds is 5. The van der Waals surface area contributed by atoms with Crippen LogP contribution in [0.1, 0.15) is 32.1 Å². The van der Waals surface area contributed by atoms with Gasteiger partial charge < -0.3 is 0 Å². The lowest BCUT2D eigenvalue weighted by Gasteiger charge is -2.07. The van der Waals surface area contributed by atoms with Crippen molar-refractivity contribution in [1.82, 2.24) is 10.2 Å². The van der Waals surface area contributed by atoms with Crippen LogP contribution in [0.4, 0.5) is 0 Å². The maximum atomic E-state index is 13.2. The molecule has 7 heteroatoms. The van der Waals surface area contributed by atoms with Gasteiger partial charge in [0.1, 0.15) is 11.4 Å². The number of nitrogens with one attached hydrogen (secondary N) is 1. The molecule has 0 spiro atoms. The Morgan fingerprint density at radius 1 is 0.633 bits per heavy atom. The molecule has 0 aliphatic carbocycles. The number of nitrogens with zero attached hydrogens (tertiary/aromatic N) is 1. The minimum absolute atomic E-state index is 0.136. The van der Waals surface area contributed by atoms with Crippen LogP contribution in [0.3, 0.4) is 0 Å². The van der Waals surface area contributed by atoms with Crippen molar-refractivity contribution >= 4 is 46.4 Å². The minimum Gasteiger partial charge on any atom is -0.287 e. The normalized spacial score (nSPS) is 10.8. The molecule has 4 nitrogen and oxygen atoms in total. The number of hydrogen-bond acceptors (Lipinski definition) is 3. The highest BCUT2D eigenvalue weighted by Gasteiger charge is 2.26. The first kappa shape index (κ1) is 20.4. The topological polar surface area (TPSA) is 62.8 Å². The summed E-state index contributed by atoms with van der Waals surface area (Å²) in [5.74, 6) is -0.637. The number of carbonyl (C=O) groups is 2. The Hall–Kier alpha value is -2.92. The minimum atomic E-state index is -0.331. The first-order chi connectivity index (χ1) is 14.4. The SMILES string of the molecule is O=C(c1ccc(Cl)cc1)c1n[nH]c(C(=O)c2ccc(Cl)cc2)c1-c1ccc(Cl)cc1. The molecule has 0 aliphatic rings. The monoisotopic (exact) mass is 454 g/mol. The van der Waals surface area contributed by atoms with Crippen molar-refractivity contribution in [2.24, 2.45) is 0 Å². The summed E-state index contributed by atoms with van der Waals surface area (Å²) in [6, 6.07) is 19.9. The highest BCUT2D eigenvalue weighted by Crippen LogP contribution is 2.31. The van der Waals surface area contributed by atoms with Crippen molar-refractivity contribution in [2.45, 2.75) is 0 Å². The molecule has 0 bridgehead atoms. The average Bonchev–Trinajstić information content (AvgIpc) is 3.19. The van der Waals surface area contributed by atoms with Crippen molar-refractivity contribution in [3.8, 4) is 11.1 Å². The molecule has 0 amide bonds. The molecule has 3 aromatic carbocycles. The van der Waals surface area contributed by atoms with Gasteiger partial charge in [0.15, 0.2) is 0 Å². The van der Waals surface area contributed by atoms with E-state index in [1.165, 1.54) is 0 Å². The fraction of sp³-hybridized carbons (Fsp3) is 0. The molecule has 0 saturated heterocycles. The van der Waals surface area contributed by atoms with Gasteiger partial charge in [-0.2, -0.15) is 5.10 Å². The Morgan fingerprint density at radius 2 is 1.07 bits per heavy atom. The number of carbonyl (C=O) groups excluding carboxylic acids is 2. The Labute approximate surface area is 187 Å². The van der Waals surface area contributed by atoms with Gasteiger partial charge in [-0.3, -0.25) is 14.7 Å². The van der Waals surface area contributed by atoms with Gasteiger partial charge in [-0.25, -0.2) is 0 Å². The predicted octanol–water partition coefficient (Wildman–Crippen LogP) is 6.50. The average molecular weight is 456 g/mol. The van der Waals surface area contributed by atoms with E-state index >= 15 is 0 Å². The lowest BCUT2D eigenvalue weighted by atomic mass is 9.95. The zero-order chi connectivity index (χ0) is 21.3. The summed E-state index contributed by atoms with van der Waals surface area (Å²) in [5.41, 5.74) is 2.22. The van der Waals surface area contributed by atoms with Crippen LogP contribution in [-0.2, 0) is 0 Å². The van der Waals surface area contributed by atoms with Crippen LogP contribution < -0.4 is 0 Å². The van der Waals surface area contributed by atoms with Crippen molar-refractivity contribution in [1.29, 1.82) is 0 Å². The quantitative estimate of drug-likeness (QED) is 0.349. The Balaban J connectivity index is 1.86. The Morgan fingerprint density at radius 3 is 1.57 bits per heavy atom. The summed E-state index contributed by atoms with van der Waals surface area (Å²) in [5, 5.41) is 8.52. The van der Waals surface area contributed by atoms with Crippen molar-refractivity contribution in [3.63, 3.8) is 0 Å². The number of H-pyrrole nitrogens is 1.